The molecule has 0 aliphatic rings. The number of guanidine groups is 1. The summed E-state index contributed by atoms with van der Waals surface area (Å²) in [5.41, 5.74) is -2.13. The number of pyridine rings is 1. The lowest BCUT2D eigenvalue weighted by Crippen LogP contribution is -2.27. The molecule has 37 heavy (non-hydrogen) atoms. The first-order valence-electron chi connectivity index (χ1n) is 10.4. The van der Waals surface area contributed by atoms with Gasteiger partial charge in [0.05, 0.1) is 30.1 Å². The predicted octanol–water partition coefficient (Wildman–Crippen LogP) is 4.06. The van der Waals surface area contributed by atoms with Gasteiger partial charge in [-0.15, -0.1) is 5.10 Å². The van der Waals surface area contributed by atoms with Crippen LogP contribution in [0.5, 0.6) is 5.88 Å². The van der Waals surface area contributed by atoms with Gasteiger partial charge < -0.3 is 10.1 Å². The van der Waals surface area contributed by atoms with E-state index >= 15 is 0 Å². The lowest BCUT2D eigenvalue weighted by atomic mass is 10.1. The summed E-state index contributed by atoms with van der Waals surface area (Å²) >= 11 is 0. The fourth-order valence-electron chi connectivity index (χ4n) is 3.16. The van der Waals surface area contributed by atoms with Crippen molar-refractivity contribution >= 4 is 11.6 Å². The molecule has 0 unspecified atom stereocenters. The van der Waals surface area contributed by atoms with Crippen LogP contribution in [-0.4, -0.2) is 37.5 Å². The quantitative estimate of drug-likeness (QED) is 0.162. The molecule has 0 radical (unpaired) electrons. The Balaban J connectivity index is 1.87. The van der Waals surface area contributed by atoms with E-state index in [4.69, 9.17) is 10.00 Å². The minimum atomic E-state index is -4.75. The van der Waals surface area contributed by atoms with Gasteiger partial charge in [0.1, 0.15) is 0 Å². The van der Waals surface area contributed by atoms with E-state index in [1.807, 2.05) is 0 Å². The zero-order valence-electron chi connectivity index (χ0n) is 19.5. The summed E-state index contributed by atoms with van der Waals surface area (Å²) in [7, 11) is 1.35. The Morgan fingerprint density at radius 3 is 2.46 bits per heavy atom. The molecule has 0 aromatic carbocycles. The summed E-state index contributed by atoms with van der Waals surface area (Å²) in [6, 6.07) is 3.35. The zero-order valence-corrected chi connectivity index (χ0v) is 19.5. The Morgan fingerprint density at radius 2 is 1.86 bits per heavy atom. The average Bonchev–Trinajstić information content (AvgIpc) is 3.19. The molecule has 0 aliphatic heterocycles. The molecule has 196 valence electrons. The summed E-state index contributed by atoms with van der Waals surface area (Å²) in [5.74, 6) is -0.513. The van der Waals surface area contributed by atoms with E-state index in [1.165, 1.54) is 32.3 Å². The Kier molecular flexibility index (Phi) is 7.84. The van der Waals surface area contributed by atoms with Gasteiger partial charge in [-0.2, -0.15) is 41.8 Å². The summed E-state index contributed by atoms with van der Waals surface area (Å²) in [5, 5.41) is 25.0. The molecule has 16 heteroatoms. The summed E-state index contributed by atoms with van der Waals surface area (Å²) in [6.07, 6.45) is -6.66. The number of hydrogen-bond donors (Lipinski definition) is 2. The van der Waals surface area contributed by atoms with Gasteiger partial charge in [0.2, 0.25) is 11.8 Å². The van der Waals surface area contributed by atoms with Gasteiger partial charge in [-0.1, -0.05) is 0 Å². The van der Waals surface area contributed by atoms with E-state index in [0.717, 1.165) is 4.68 Å². The molecule has 0 spiro atoms. The second kappa shape index (κ2) is 10.7. The number of ether oxygens (including phenoxy) is 1. The first-order chi connectivity index (χ1) is 17.3. The molecular weight excluding hydrogens is 508 g/mol. The van der Waals surface area contributed by atoms with E-state index in [1.54, 1.807) is 13.1 Å². The molecule has 3 heterocycles. The maximum atomic E-state index is 13.3. The molecule has 3 aromatic rings. The maximum absolute atomic E-state index is 13.3. The second-order valence-corrected chi connectivity index (χ2v) is 7.47. The van der Waals surface area contributed by atoms with Crippen molar-refractivity contribution in [1.29, 1.82) is 5.26 Å². The topological polar surface area (TPSA) is 126 Å². The van der Waals surface area contributed by atoms with Crippen molar-refractivity contribution in [2.24, 2.45) is 12.0 Å². The molecule has 0 atom stereocenters. The van der Waals surface area contributed by atoms with E-state index < -0.39 is 23.7 Å². The third-order valence-corrected chi connectivity index (χ3v) is 4.61. The van der Waals surface area contributed by atoms with Gasteiger partial charge in [-0.05, 0) is 31.5 Å². The summed E-state index contributed by atoms with van der Waals surface area (Å²) < 4.78 is 85.7. The highest BCUT2D eigenvalue weighted by Crippen LogP contribution is 2.36. The monoisotopic (exact) mass is 527 g/mol. The molecule has 0 amide bonds. The number of alkyl halides is 6. The van der Waals surface area contributed by atoms with Crippen LogP contribution in [0.4, 0.5) is 32.0 Å². The highest BCUT2D eigenvalue weighted by Gasteiger charge is 2.38. The van der Waals surface area contributed by atoms with Crippen LogP contribution < -0.4 is 15.4 Å². The van der Waals surface area contributed by atoms with Gasteiger partial charge >= 0.3 is 12.4 Å². The van der Waals surface area contributed by atoms with Crippen LogP contribution in [-0.2, 0) is 25.9 Å². The lowest BCUT2D eigenvalue weighted by molar-refractivity contribution is -0.142. The molecule has 3 aromatic heterocycles. The molecule has 0 saturated carbocycles. The Morgan fingerprint density at radius 1 is 1.14 bits per heavy atom. The number of aromatic nitrogens is 5. The number of aryl methyl sites for hydroxylation is 2. The molecule has 0 fully saturated rings. The number of nitriles is 1. The minimum absolute atomic E-state index is 0.0263. The van der Waals surface area contributed by atoms with Gasteiger partial charge in [-0.3, -0.25) is 10.00 Å². The van der Waals surface area contributed by atoms with Crippen molar-refractivity contribution in [3.8, 4) is 23.3 Å². The van der Waals surface area contributed by atoms with Crippen molar-refractivity contribution in [1.82, 2.24) is 30.3 Å². The smallest absolute Gasteiger partial charge is 0.435 e. The van der Waals surface area contributed by atoms with Crippen molar-refractivity contribution < 1.29 is 31.1 Å². The number of nitrogens with one attached hydrogen (secondary N) is 2. The molecule has 0 bridgehead atoms. The van der Waals surface area contributed by atoms with Crippen LogP contribution in [0.15, 0.2) is 29.4 Å². The predicted molar refractivity (Wildman–Crippen MR) is 118 cm³/mol. The van der Waals surface area contributed by atoms with Gasteiger partial charge in [0.15, 0.2) is 17.6 Å². The van der Waals surface area contributed by atoms with Gasteiger partial charge in [0.25, 0.3) is 0 Å². The number of aliphatic imine (C=N–C) groups is 1. The van der Waals surface area contributed by atoms with Crippen LogP contribution in [0.1, 0.15) is 29.6 Å². The van der Waals surface area contributed by atoms with E-state index in [9.17, 15) is 26.3 Å². The lowest BCUT2D eigenvalue weighted by Gasteiger charge is -2.13. The van der Waals surface area contributed by atoms with Gasteiger partial charge in [0, 0.05) is 25.0 Å². The standard InChI is InChI=1S/C21H19F6N9O/c1-4-37-16-7-12(6-15(32-16)20(22,23)24)31-19(30-10-28)29-8-13-5-11(2)17(34-33-13)14-9-36(3)35-18(14)21(25,26)27/h5-7,9H,4,8H2,1-3H3,(H2,29,30,31,32). The van der Waals surface area contributed by atoms with Crippen molar-refractivity contribution in [3.63, 3.8) is 0 Å². The van der Waals surface area contributed by atoms with Crippen LogP contribution in [0.2, 0.25) is 0 Å². The number of rotatable bonds is 6. The van der Waals surface area contributed by atoms with Crippen molar-refractivity contribution in [3.05, 3.63) is 47.0 Å². The van der Waals surface area contributed by atoms with Crippen molar-refractivity contribution in [2.45, 2.75) is 32.7 Å². The second-order valence-electron chi connectivity index (χ2n) is 7.47. The van der Waals surface area contributed by atoms with Crippen LogP contribution >= 0.6 is 0 Å². The largest absolute Gasteiger partial charge is 0.478 e. The summed E-state index contributed by atoms with van der Waals surface area (Å²) in [4.78, 5) is 7.48. The van der Waals surface area contributed by atoms with E-state index in [0.29, 0.717) is 11.6 Å². The number of halogens is 6. The van der Waals surface area contributed by atoms with Crippen LogP contribution in [0.3, 0.4) is 0 Å². The SMILES string of the molecule is CCOc1cc(NC(=NCc2cc(C)c(-c3cn(C)nc3C(F)(F)F)nn2)NC#N)cc(C(F)(F)F)n1. The normalized spacial score (nSPS) is 12.3. The van der Waals surface area contributed by atoms with Gasteiger partial charge in [-0.25, -0.2) is 9.98 Å². The maximum Gasteiger partial charge on any atom is 0.435 e. The molecule has 2 N–H and O–H groups in total. The highest BCUT2D eigenvalue weighted by molar-refractivity contribution is 5.94. The highest BCUT2D eigenvalue weighted by atomic mass is 19.4. The Bertz CT molecular complexity index is 1340. The molecular formula is C21H19F6N9O. The summed E-state index contributed by atoms with van der Waals surface area (Å²) in [6.45, 7) is 2.97. The fourth-order valence-corrected chi connectivity index (χ4v) is 3.16. The average molecular weight is 527 g/mol. The van der Waals surface area contributed by atoms with E-state index in [-0.39, 0.29) is 47.6 Å². The van der Waals surface area contributed by atoms with Crippen LogP contribution in [0, 0.1) is 18.4 Å². The third-order valence-electron chi connectivity index (χ3n) is 4.61. The Hall–Kier alpha value is -4.42. The number of nitrogens with zero attached hydrogens (tertiary/aromatic N) is 7. The van der Waals surface area contributed by atoms with E-state index in [2.05, 4.69) is 35.9 Å². The number of anilines is 1. The Labute approximate surface area is 206 Å². The first kappa shape index (κ1) is 27.2. The number of hydrogen-bond acceptors (Lipinski definition) is 7. The third kappa shape index (κ3) is 6.84. The van der Waals surface area contributed by atoms with Crippen LogP contribution in [0.25, 0.3) is 11.3 Å². The molecule has 3 rings (SSSR count). The molecule has 0 saturated heterocycles. The zero-order chi connectivity index (χ0) is 27.4. The fraction of sp³-hybridized carbons (Fsp3) is 0.333. The van der Waals surface area contributed by atoms with Crippen molar-refractivity contribution in [2.75, 3.05) is 11.9 Å². The first-order valence-corrected chi connectivity index (χ1v) is 10.4. The minimum Gasteiger partial charge on any atom is -0.478 e. The molecule has 10 nitrogen and oxygen atoms in total. The molecule has 0 aliphatic carbocycles.